The van der Waals surface area contributed by atoms with Crippen molar-refractivity contribution in [1.82, 2.24) is 14.8 Å². The normalized spacial score (nSPS) is 30.6. The number of ether oxygens (including phenoxy) is 1. The zero-order valence-corrected chi connectivity index (χ0v) is 18.4. The number of aliphatic hydroxyl groups excluding tert-OH is 1. The van der Waals surface area contributed by atoms with E-state index in [2.05, 4.69) is 26.8 Å². The largest absolute Gasteiger partial charge is 0.488 e. The summed E-state index contributed by atoms with van der Waals surface area (Å²) in [6.45, 7) is -3.19. The predicted molar refractivity (Wildman–Crippen MR) is 96.3 cm³/mol. The van der Waals surface area contributed by atoms with Crippen LogP contribution < -0.4 is 11.2 Å². The summed E-state index contributed by atoms with van der Waals surface area (Å²) in [4.78, 5) is 61.0. The summed E-state index contributed by atoms with van der Waals surface area (Å²) in [5.74, 6) is 0. The molecular formula is C9H15F2N3O13P4. The number of alkyl halides is 2. The monoisotopic (exact) mass is 535 g/mol. The van der Waals surface area contributed by atoms with Gasteiger partial charge in [0.1, 0.15) is 25.1 Å². The highest BCUT2D eigenvalue weighted by Gasteiger charge is 2.60. The van der Waals surface area contributed by atoms with Gasteiger partial charge in [0.15, 0.2) is 6.23 Å². The van der Waals surface area contributed by atoms with E-state index < -0.39 is 71.5 Å². The maximum atomic E-state index is 15.0. The molecule has 1 aromatic rings. The molecule has 0 spiro atoms. The van der Waals surface area contributed by atoms with E-state index in [4.69, 9.17) is 14.5 Å². The summed E-state index contributed by atoms with van der Waals surface area (Å²) in [5.41, 5.74) is -5.63. The Labute approximate surface area is 171 Å². The topological polar surface area (TPSA) is 240 Å². The molecule has 0 bridgehead atoms. The van der Waals surface area contributed by atoms with Gasteiger partial charge < -0.3 is 29.4 Å². The van der Waals surface area contributed by atoms with Gasteiger partial charge in [-0.3, -0.25) is 14.3 Å². The number of phosphoric ester groups is 1. The summed E-state index contributed by atoms with van der Waals surface area (Å²) in [6.07, 6.45) is -6.09. The van der Waals surface area contributed by atoms with Gasteiger partial charge in [0.25, 0.3) is 12.8 Å². The molecule has 0 aromatic carbocycles. The predicted octanol–water partition coefficient (Wildman–Crippen LogP) is -1.08. The molecule has 1 aliphatic rings. The Kier molecular flexibility index (Phi) is 7.94. The summed E-state index contributed by atoms with van der Waals surface area (Å²) in [6, 6.07) is 0. The molecule has 0 aliphatic carbocycles. The first-order valence-corrected chi connectivity index (χ1v) is 13.5. The van der Waals surface area contributed by atoms with Crippen LogP contribution in [-0.2, 0) is 27.0 Å². The Balaban J connectivity index is 2.18. The van der Waals surface area contributed by atoms with Crippen molar-refractivity contribution in [3.05, 3.63) is 27.0 Å². The van der Waals surface area contributed by atoms with Crippen LogP contribution >= 0.6 is 31.4 Å². The molecule has 2 heterocycles. The van der Waals surface area contributed by atoms with E-state index in [0.29, 0.717) is 6.20 Å². The van der Waals surface area contributed by atoms with Crippen LogP contribution in [0.4, 0.5) is 8.78 Å². The second kappa shape index (κ2) is 9.27. The van der Waals surface area contributed by atoms with Crippen molar-refractivity contribution in [2.45, 2.75) is 24.1 Å². The van der Waals surface area contributed by atoms with Crippen molar-refractivity contribution in [3.8, 4) is 0 Å². The number of hydrogen-bond donors (Lipinski definition) is 6. The number of rotatable bonds is 9. The van der Waals surface area contributed by atoms with E-state index in [9.17, 15) is 42.4 Å². The van der Waals surface area contributed by atoms with E-state index in [1.54, 1.807) is 4.98 Å². The Hall–Kier alpha value is -0.700. The minimum Gasteiger partial charge on any atom is -0.387 e. The van der Waals surface area contributed by atoms with Crippen LogP contribution in [0.2, 0.25) is 0 Å². The molecule has 1 saturated heterocycles. The van der Waals surface area contributed by atoms with E-state index >= 15 is 0 Å². The van der Waals surface area contributed by atoms with Gasteiger partial charge in [-0.2, -0.15) is 14.1 Å². The fourth-order valence-electron chi connectivity index (χ4n) is 2.35. The van der Waals surface area contributed by atoms with Gasteiger partial charge in [0.05, 0.1) is 6.61 Å². The Morgan fingerprint density at radius 1 is 1.26 bits per heavy atom. The van der Waals surface area contributed by atoms with Crippen LogP contribution in [0, 0.1) is 0 Å². The standard InChI is InChI=1S/C9H15F2N3O13P4/c10-3-9(11)6(16)4(25-7(9)14-8(17)13-5(15)1-12-14)2-24-29(18,19)26-30(20,21)27-31(22,23)28/h1,4,6-7,16,22-23,28H,2-3H2,(H,18,19)(H,20,21)(H,13,15,17)/t4-,6+,7-,9?/m1/s1. The molecule has 22 heteroatoms. The van der Waals surface area contributed by atoms with E-state index in [-0.39, 0.29) is 4.68 Å². The molecule has 0 saturated carbocycles. The van der Waals surface area contributed by atoms with Crippen LogP contribution in [0.1, 0.15) is 6.23 Å². The molecule has 1 aromatic heterocycles. The van der Waals surface area contributed by atoms with E-state index in [1.807, 2.05) is 0 Å². The fraction of sp³-hybridized carbons (Fsp3) is 0.667. The number of H-pyrrole nitrogens is 1. The smallest absolute Gasteiger partial charge is 0.387 e. The lowest BCUT2D eigenvalue weighted by Crippen LogP contribution is -2.48. The van der Waals surface area contributed by atoms with E-state index in [1.165, 1.54) is 0 Å². The van der Waals surface area contributed by atoms with Crippen LogP contribution in [-0.4, -0.2) is 70.6 Å². The van der Waals surface area contributed by atoms with Crippen molar-refractivity contribution in [2.24, 2.45) is 0 Å². The minimum absolute atomic E-state index is 0.163. The van der Waals surface area contributed by atoms with Crippen molar-refractivity contribution in [1.29, 1.82) is 0 Å². The van der Waals surface area contributed by atoms with Crippen molar-refractivity contribution >= 4 is 31.4 Å². The highest BCUT2D eigenvalue weighted by Crippen LogP contribution is 2.67. The van der Waals surface area contributed by atoms with Crippen LogP contribution in [0.3, 0.4) is 0 Å². The van der Waals surface area contributed by atoms with Crippen LogP contribution in [0.5, 0.6) is 0 Å². The molecule has 0 radical (unpaired) electrons. The lowest BCUT2D eigenvalue weighted by Gasteiger charge is -2.25. The molecule has 6 atom stereocenters. The Morgan fingerprint density at radius 2 is 1.87 bits per heavy atom. The Morgan fingerprint density at radius 3 is 2.39 bits per heavy atom. The molecule has 16 nitrogen and oxygen atoms in total. The quantitative estimate of drug-likeness (QED) is 0.206. The highest BCUT2D eigenvalue weighted by molar-refractivity contribution is 7.91. The fourth-order valence-corrected chi connectivity index (χ4v) is 6.39. The maximum absolute atomic E-state index is 15.0. The maximum Gasteiger partial charge on any atom is 0.488 e. The summed E-state index contributed by atoms with van der Waals surface area (Å²) < 4.78 is 68.5. The molecule has 6 N–H and O–H groups in total. The number of aromatic amines is 1. The first-order chi connectivity index (χ1) is 14.0. The second-order valence-electron chi connectivity index (χ2n) is 5.86. The lowest BCUT2D eigenvalue weighted by molar-refractivity contribution is -0.0806. The summed E-state index contributed by atoms with van der Waals surface area (Å²) in [7, 11) is -13.6. The third kappa shape index (κ3) is 6.65. The lowest BCUT2D eigenvalue weighted by atomic mass is 9.98. The molecule has 2 rings (SSSR count). The van der Waals surface area contributed by atoms with Gasteiger partial charge in [-0.1, -0.05) is 0 Å². The van der Waals surface area contributed by atoms with Gasteiger partial charge in [-0.25, -0.2) is 27.0 Å². The first kappa shape index (κ1) is 26.6. The Bertz CT molecular complexity index is 1070. The van der Waals surface area contributed by atoms with Gasteiger partial charge >= 0.3 is 21.3 Å². The van der Waals surface area contributed by atoms with Gasteiger partial charge in [0.2, 0.25) is 5.67 Å². The zero-order chi connectivity index (χ0) is 23.8. The summed E-state index contributed by atoms with van der Waals surface area (Å²) >= 11 is 0. The SMILES string of the molecule is O=c1cnn([C@@H]2O[C@H](COP(=O)(O)OP(=O)(O)OP(O)(O)=P)[C@H](O)C2(F)CF)c(=O)[nH]1. The van der Waals surface area contributed by atoms with Crippen molar-refractivity contribution < 1.29 is 60.5 Å². The molecule has 178 valence electrons. The molecule has 0 amide bonds. The van der Waals surface area contributed by atoms with Gasteiger partial charge in [-0.05, 0) is 8.53 Å². The number of halogens is 2. The molecule has 31 heavy (non-hydrogen) atoms. The van der Waals surface area contributed by atoms with Crippen molar-refractivity contribution in [3.63, 3.8) is 0 Å². The number of phosphoric acid groups is 2. The van der Waals surface area contributed by atoms with Crippen LogP contribution in [0.25, 0.3) is 0 Å². The molecule has 1 fully saturated rings. The third-order valence-electron chi connectivity index (χ3n) is 3.55. The first-order valence-electron chi connectivity index (χ1n) is 7.59. The van der Waals surface area contributed by atoms with Crippen molar-refractivity contribution in [2.75, 3.05) is 13.3 Å². The average Bonchev–Trinajstić information content (AvgIpc) is 2.82. The minimum atomic E-state index is -5.58. The zero-order valence-electron chi connectivity index (χ0n) is 14.7. The third-order valence-corrected chi connectivity index (χ3v) is 8.15. The van der Waals surface area contributed by atoms with Gasteiger partial charge in [0, 0.05) is 0 Å². The van der Waals surface area contributed by atoms with Gasteiger partial charge in [-0.15, -0.1) is 0 Å². The van der Waals surface area contributed by atoms with Crippen LogP contribution in [0.15, 0.2) is 15.8 Å². The van der Waals surface area contributed by atoms with E-state index in [0.717, 1.165) is 0 Å². The summed E-state index contributed by atoms with van der Waals surface area (Å²) in [5, 5.41) is 13.3. The molecule has 1 aliphatic heterocycles. The number of nitrogens with zero attached hydrogens (tertiary/aromatic N) is 2. The number of aliphatic hydroxyl groups is 1. The second-order valence-corrected chi connectivity index (χ2v) is 12.1. The molecule has 3 unspecified atom stereocenters. The number of nitrogens with one attached hydrogen (secondary N) is 1. The number of hydrogen-bond acceptors (Lipinski definition) is 10. The number of aromatic nitrogens is 3. The molecular weight excluding hydrogens is 520 g/mol. The average molecular weight is 535 g/mol. The highest BCUT2D eigenvalue weighted by atomic mass is 31.8.